The molecule has 1 fully saturated rings. The minimum atomic E-state index is 0.296. The van der Waals surface area contributed by atoms with Gasteiger partial charge in [0.05, 0.1) is 0 Å². The molecule has 2 atom stereocenters. The van der Waals surface area contributed by atoms with Gasteiger partial charge in [0.25, 0.3) is 0 Å². The number of rotatable bonds is 0. The summed E-state index contributed by atoms with van der Waals surface area (Å²) in [5.41, 5.74) is 3.35. The van der Waals surface area contributed by atoms with Crippen molar-refractivity contribution < 1.29 is 4.79 Å². The van der Waals surface area contributed by atoms with Crippen LogP contribution in [0.25, 0.3) is 0 Å². The molecule has 2 aliphatic carbocycles. The van der Waals surface area contributed by atoms with Crippen LogP contribution in [0.5, 0.6) is 0 Å². The lowest BCUT2D eigenvalue weighted by atomic mass is 9.64. The lowest BCUT2D eigenvalue weighted by molar-refractivity contribution is -0.121. The van der Waals surface area contributed by atoms with Crippen molar-refractivity contribution >= 4 is 5.78 Å². The fourth-order valence-corrected chi connectivity index (χ4v) is 4.04. The largest absolute Gasteiger partial charge is 0.300 e. The van der Waals surface area contributed by atoms with E-state index in [1.807, 2.05) is 0 Å². The summed E-state index contributed by atoms with van der Waals surface area (Å²) >= 11 is 0. The molecular formula is C16H20O. The molecule has 0 amide bonds. The fourth-order valence-electron chi connectivity index (χ4n) is 4.04. The molecule has 1 saturated carbocycles. The molecule has 17 heavy (non-hydrogen) atoms. The molecule has 0 N–H and O–H groups in total. The third kappa shape index (κ3) is 1.41. The second kappa shape index (κ2) is 3.69. The number of hydrogen-bond donors (Lipinski definition) is 0. The Morgan fingerprint density at radius 2 is 1.76 bits per heavy atom. The third-order valence-corrected chi connectivity index (χ3v) is 5.31. The molecule has 0 radical (unpaired) electrons. The average molecular weight is 228 g/mol. The molecule has 1 spiro atoms. The molecule has 90 valence electrons. The SMILES string of the molecule is C[C@H]1c2ccccc2C2(CCC(=O)CC2)[C@H]1C. The number of hydrogen-bond acceptors (Lipinski definition) is 1. The highest BCUT2D eigenvalue weighted by molar-refractivity contribution is 5.80. The lowest BCUT2D eigenvalue weighted by Crippen LogP contribution is -2.35. The van der Waals surface area contributed by atoms with Gasteiger partial charge in [-0.3, -0.25) is 4.79 Å². The summed E-state index contributed by atoms with van der Waals surface area (Å²) in [6, 6.07) is 8.88. The number of ketones is 1. The van der Waals surface area contributed by atoms with Crippen LogP contribution in [-0.2, 0) is 10.2 Å². The van der Waals surface area contributed by atoms with Gasteiger partial charge in [-0.25, -0.2) is 0 Å². The minimum Gasteiger partial charge on any atom is -0.300 e. The van der Waals surface area contributed by atoms with Gasteiger partial charge < -0.3 is 0 Å². The first kappa shape index (κ1) is 11.0. The lowest BCUT2D eigenvalue weighted by Gasteiger charge is -2.39. The van der Waals surface area contributed by atoms with Crippen molar-refractivity contribution in [2.24, 2.45) is 5.92 Å². The molecule has 0 aromatic heterocycles. The zero-order chi connectivity index (χ0) is 12.0. The van der Waals surface area contributed by atoms with E-state index >= 15 is 0 Å². The Bertz CT molecular complexity index is 450. The van der Waals surface area contributed by atoms with Gasteiger partial charge in [0.15, 0.2) is 0 Å². The summed E-state index contributed by atoms with van der Waals surface area (Å²) < 4.78 is 0. The maximum atomic E-state index is 11.5. The second-order valence-electron chi connectivity index (χ2n) is 5.86. The first-order valence-corrected chi connectivity index (χ1v) is 6.76. The van der Waals surface area contributed by atoms with Crippen LogP contribution in [0.3, 0.4) is 0 Å². The van der Waals surface area contributed by atoms with Crippen LogP contribution in [0.15, 0.2) is 24.3 Å². The molecule has 0 heterocycles. The van der Waals surface area contributed by atoms with Gasteiger partial charge in [0.2, 0.25) is 0 Å². The van der Waals surface area contributed by atoms with E-state index in [-0.39, 0.29) is 0 Å². The van der Waals surface area contributed by atoms with Gasteiger partial charge in [-0.1, -0.05) is 38.1 Å². The Balaban J connectivity index is 2.08. The number of carbonyl (C=O) groups excluding carboxylic acids is 1. The predicted octanol–water partition coefficient (Wildman–Crippen LogP) is 3.82. The first-order chi connectivity index (χ1) is 8.15. The third-order valence-electron chi connectivity index (χ3n) is 5.31. The molecule has 2 aliphatic rings. The van der Waals surface area contributed by atoms with E-state index in [9.17, 15) is 4.79 Å². The van der Waals surface area contributed by atoms with Crippen molar-refractivity contribution in [1.29, 1.82) is 0 Å². The molecule has 0 unspecified atom stereocenters. The van der Waals surface area contributed by atoms with Crippen LogP contribution < -0.4 is 0 Å². The molecule has 0 bridgehead atoms. The highest BCUT2D eigenvalue weighted by atomic mass is 16.1. The molecule has 1 heteroatoms. The monoisotopic (exact) mass is 228 g/mol. The van der Waals surface area contributed by atoms with Gasteiger partial charge in [0, 0.05) is 12.8 Å². The molecule has 1 nitrogen and oxygen atoms in total. The van der Waals surface area contributed by atoms with E-state index < -0.39 is 0 Å². The molecular weight excluding hydrogens is 208 g/mol. The van der Waals surface area contributed by atoms with Crippen molar-refractivity contribution in [2.45, 2.75) is 50.9 Å². The Hall–Kier alpha value is -1.11. The highest BCUT2D eigenvalue weighted by Crippen LogP contribution is 2.56. The van der Waals surface area contributed by atoms with Crippen molar-refractivity contribution in [1.82, 2.24) is 0 Å². The molecule has 3 rings (SSSR count). The van der Waals surface area contributed by atoms with Crippen molar-refractivity contribution in [2.75, 3.05) is 0 Å². The summed E-state index contributed by atoms with van der Waals surface area (Å²) in [5, 5.41) is 0. The van der Waals surface area contributed by atoms with E-state index in [1.54, 1.807) is 0 Å². The summed E-state index contributed by atoms with van der Waals surface area (Å²) in [7, 11) is 0. The van der Waals surface area contributed by atoms with Crippen molar-refractivity contribution in [3.05, 3.63) is 35.4 Å². The van der Waals surface area contributed by atoms with E-state index in [2.05, 4.69) is 38.1 Å². The number of fused-ring (bicyclic) bond motifs is 2. The van der Waals surface area contributed by atoms with Crippen LogP contribution in [0, 0.1) is 5.92 Å². The highest BCUT2D eigenvalue weighted by Gasteiger charge is 2.49. The summed E-state index contributed by atoms with van der Waals surface area (Å²) in [6.07, 6.45) is 3.69. The van der Waals surface area contributed by atoms with Gasteiger partial charge in [-0.05, 0) is 41.2 Å². The van der Waals surface area contributed by atoms with Crippen molar-refractivity contribution in [3.63, 3.8) is 0 Å². The zero-order valence-electron chi connectivity index (χ0n) is 10.7. The van der Waals surface area contributed by atoms with E-state index in [4.69, 9.17) is 0 Å². The summed E-state index contributed by atoms with van der Waals surface area (Å²) in [4.78, 5) is 11.5. The van der Waals surface area contributed by atoms with Crippen LogP contribution in [0.2, 0.25) is 0 Å². The molecule has 0 saturated heterocycles. The van der Waals surface area contributed by atoms with Gasteiger partial charge in [-0.15, -0.1) is 0 Å². The molecule has 1 aromatic rings. The van der Waals surface area contributed by atoms with Crippen LogP contribution in [-0.4, -0.2) is 5.78 Å². The maximum absolute atomic E-state index is 11.5. The Labute approximate surface area is 103 Å². The average Bonchev–Trinajstić information content (AvgIpc) is 2.57. The quantitative estimate of drug-likeness (QED) is 0.659. The fraction of sp³-hybridized carbons (Fsp3) is 0.562. The Morgan fingerprint density at radius 3 is 2.47 bits per heavy atom. The van der Waals surface area contributed by atoms with Crippen LogP contribution >= 0.6 is 0 Å². The molecule has 0 aliphatic heterocycles. The maximum Gasteiger partial charge on any atom is 0.132 e. The van der Waals surface area contributed by atoms with Gasteiger partial charge in [-0.2, -0.15) is 0 Å². The second-order valence-corrected chi connectivity index (χ2v) is 5.86. The topological polar surface area (TPSA) is 17.1 Å². The smallest absolute Gasteiger partial charge is 0.132 e. The standard InChI is InChI=1S/C16H20O/c1-11-12(2)16(9-7-13(17)8-10-16)15-6-4-3-5-14(11)15/h3-6,11-12H,7-10H2,1-2H3/t11-,12+/m1/s1. The number of carbonyl (C=O) groups is 1. The number of Topliss-reactive ketones (excluding diaryl/α,β-unsaturated/α-hetero) is 1. The van der Waals surface area contributed by atoms with E-state index in [0.717, 1.165) is 25.7 Å². The predicted molar refractivity (Wildman–Crippen MR) is 69.2 cm³/mol. The van der Waals surface area contributed by atoms with E-state index in [1.165, 1.54) is 11.1 Å². The Morgan fingerprint density at radius 1 is 1.12 bits per heavy atom. The van der Waals surface area contributed by atoms with Crippen molar-refractivity contribution in [3.8, 4) is 0 Å². The van der Waals surface area contributed by atoms with E-state index in [0.29, 0.717) is 23.0 Å². The Kier molecular flexibility index (Phi) is 2.39. The normalized spacial score (nSPS) is 30.6. The minimum absolute atomic E-state index is 0.296. The summed E-state index contributed by atoms with van der Waals surface area (Å²) in [5.74, 6) is 1.77. The zero-order valence-corrected chi connectivity index (χ0v) is 10.7. The van der Waals surface area contributed by atoms with Gasteiger partial charge in [0.1, 0.15) is 5.78 Å². The molecule has 1 aromatic carbocycles. The van der Waals surface area contributed by atoms with Crippen LogP contribution in [0.1, 0.15) is 56.6 Å². The summed E-state index contributed by atoms with van der Waals surface area (Å²) in [6.45, 7) is 4.72. The first-order valence-electron chi connectivity index (χ1n) is 6.76. The van der Waals surface area contributed by atoms with Gasteiger partial charge >= 0.3 is 0 Å². The van der Waals surface area contributed by atoms with Crippen LogP contribution in [0.4, 0.5) is 0 Å². The number of benzene rings is 1.